The van der Waals surface area contributed by atoms with Crippen molar-refractivity contribution < 1.29 is 0 Å². The van der Waals surface area contributed by atoms with E-state index in [4.69, 9.17) is 5.73 Å². The Kier molecular flexibility index (Phi) is 3.81. The molecule has 2 rings (SSSR count). The number of hydrogen-bond donors (Lipinski definition) is 2. The fraction of sp³-hybridized carbons (Fsp3) is 0.600. The van der Waals surface area contributed by atoms with Gasteiger partial charge in [0.25, 0.3) is 0 Å². The molecule has 1 heterocycles. The molecule has 1 saturated heterocycles. The van der Waals surface area contributed by atoms with E-state index in [1.54, 1.807) is 0 Å². The highest BCUT2D eigenvalue weighted by Gasteiger charge is 2.28. The third-order valence-corrected chi connectivity index (χ3v) is 4.19. The Labute approximate surface area is 110 Å². The second-order valence-electron chi connectivity index (χ2n) is 6.01. The average Bonchev–Trinajstić information content (AvgIpc) is 2.33. The molecular weight excluding hydrogens is 222 g/mol. The van der Waals surface area contributed by atoms with Gasteiger partial charge in [-0.15, -0.1) is 0 Å². The van der Waals surface area contributed by atoms with Gasteiger partial charge in [0, 0.05) is 6.54 Å². The number of hydrogen-bond acceptors (Lipinski definition) is 3. The first-order valence-electron chi connectivity index (χ1n) is 6.78. The zero-order valence-electron chi connectivity index (χ0n) is 11.8. The standard InChI is InChI=1S/C15H25N3/c1-12-5-4-6-13(16)14(12)17-11-15(2)7-9-18(3)10-8-15/h4-6,17H,7-11,16H2,1-3H3. The summed E-state index contributed by atoms with van der Waals surface area (Å²) in [6, 6.07) is 6.08. The monoisotopic (exact) mass is 247 g/mol. The molecule has 100 valence electrons. The number of piperidine rings is 1. The Balaban J connectivity index is 1.99. The van der Waals surface area contributed by atoms with Crippen LogP contribution in [0.2, 0.25) is 0 Å². The van der Waals surface area contributed by atoms with E-state index in [2.05, 4.69) is 37.2 Å². The number of anilines is 2. The molecule has 1 aliphatic rings. The first kappa shape index (κ1) is 13.2. The van der Waals surface area contributed by atoms with E-state index < -0.39 is 0 Å². The molecule has 0 spiro atoms. The summed E-state index contributed by atoms with van der Waals surface area (Å²) in [5, 5.41) is 3.56. The van der Waals surface area contributed by atoms with Crippen LogP contribution in [0.15, 0.2) is 18.2 Å². The SMILES string of the molecule is Cc1cccc(N)c1NCC1(C)CCN(C)CC1. The van der Waals surface area contributed by atoms with Crippen LogP contribution in [0.5, 0.6) is 0 Å². The summed E-state index contributed by atoms with van der Waals surface area (Å²) in [5.41, 5.74) is 9.61. The van der Waals surface area contributed by atoms with Crippen LogP contribution in [0.3, 0.4) is 0 Å². The van der Waals surface area contributed by atoms with Gasteiger partial charge in [-0.05, 0) is 56.9 Å². The summed E-state index contributed by atoms with van der Waals surface area (Å²) in [6.07, 6.45) is 2.50. The molecule has 1 aromatic rings. The Morgan fingerprint density at radius 2 is 2.00 bits per heavy atom. The molecule has 18 heavy (non-hydrogen) atoms. The molecule has 3 N–H and O–H groups in total. The zero-order chi connectivity index (χ0) is 13.2. The van der Waals surface area contributed by atoms with Gasteiger partial charge in [-0.2, -0.15) is 0 Å². The second-order valence-corrected chi connectivity index (χ2v) is 6.01. The summed E-state index contributed by atoms with van der Waals surface area (Å²) in [5.74, 6) is 0. The molecule has 0 saturated carbocycles. The van der Waals surface area contributed by atoms with Gasteiger partial charge in [-0.25, -0.2) is 0 Å². The number of nitrogens with zero attached hydrogens (tertiary/aromatic N) is 1. The van der Waals surface area contributed by atoms with Crippen LogP contribution < -0.4 is 11.1 Å². The quantitative estimate of drug-likeness (QED) is 0.807. The van der Waals surface area contributed by atoms with E-state index in [0.717, 1.165) is 17.9 Å². The van der Waals surface area contributed by atoms with Crippen LogP contribution in [0.25, 0.3) is 0 Å². The van der Waals surface area contributed by atoms with E-state index in [-0.39, 0.29) is 0 Å². The minimum atomic E-state index is 0.390. The number of benzene rings is 1. The maximum Gasteiger partial charge on any atom is 0.0603 e. The summed E-state index contributed by atoms with van der Waals surface area (Å²) < 4.78 is 0. The number of nitrogen functional groups attached to an aromatic ring is 1. The van der Waals surface area contributed by atoms with Gasteiger partial charge in [-0.3, -0.25) is 0 Å². The highest BCUT2D eigenvalue weighted by molar-refractivity contribution is 5.69. The average molecular weight is 247 g/mol. The highest BCUT2D eigenvalue weighted by atomic mass is 15.1. The third kappa shape index (κ3) is 2.96. The molecule has 1 aromatic carbocycles. The maximum absolute atomic E-state index is 6.03. The van der Waals surface area contributed by atoms with Gasteiger partial charge >= 0.3 is 0 Å². The molecule has 0 aromatic heterocycles. The molecule has 1 fully saturated rings. The smallest absolute Gasteiger partial charge is 0.0603 e. The van der Waals surface area contributed by atoms with Crippen molar-refractivity contribution in [3.63, 3.8) is 0 Å². The summed E-state index contributed by atoms with van der Waals surface area (Å²) >= 11 is 0. The molecule has 3 nitrogen and oxygen atoms in total. The number of aryl methyl sites for hydroxylation is 1. The minimum absolute atomic E-state index is 0.390. The van der Waals surface area contributed by atoms with Gasteiger partial charge < -0.3 is 16.0 Å². The van der Waals surface area contributed by atoms with Crippen LogP contribution in [-0.4, -0.2) is 31.6 Å². The van der Waals surface area contributed by atoms with Crippen molar-refractivity contribution >= 4 is 11.4 Å². The van der Waals surface area contributed by atoms with E-state index >= 15 is 0 Å². The molecule has 0 radical (unpaired) electrons. The molecule has 0 amide bonds. The predicted octanol–water partition coefficient (Wildman–Crippen LogP) is 2.72. The molecule has 3 heteroatoms. The Bertz CT molecular complexity index is 386. The van der Waals surface area contributed by atoms with Crippen molar-refractivity contribution in [2.75, 3.05) is 37.7 Å². The van der Waals surface area contributed by atoms with Gasteiger partial charge in [0.15, 0.2) is 0 Å². The van der Waals surface area contributed by atoms with Crippen LogP contribution in [0.1, 0.15) is 25.3 Å². The van der Waals surface area contributed by atoms with Crippen molar-refractivity contribution in [1.82, 2.24) is 4.90 Å². The molecule has 1 aliphatic heterocycles. The number of para-hydroxylation sites is 1. The van der Waals surface area contributed by atoms with E-state index in [0.29, 0.717) is 5.41 Å². The lowest BCUT2D eigenvalue weighted by molar-refractivity contribution is 0.150. The topological polar surface area (TPSA) is 41.3 Å². The number of likely N-dealkylation sites (tertiary alicyclic amines) is 1. The molecule has 0 unspecified atom stereocenters. The molecule has 0 bridgehead atoms. The van der Waals surface area contributed by atoms with Crippen LogP contribution in [0, 0.1) is 12.3 Å². The lowest BCUT2D eigenvalue weighted by atomic mass is 9.80. The van der Waals surface area contributed by atoms with Crippen molar-refractivity contribution in [3.05, 3.63) is 23.8 Å². The molecule has 0 aliphatic carbocycles. The predicted molar refractivity (Wildman–Crippen MR) is 78.9 cm³/mol. The summed E-state index contributed by atoms with van der Waals surface area (Å²) in [6.45, 7) is 7.88. The summed E-state index contributed by atoms with van der Waals surface area (Å²) in [7, 11) is 2.20. The van der Waals surface area contributed by atoms with Crippen molar-refractivity contribution in [1.29, 1.82) is 0 Å². The second kappa shape index (κ2) is 5.19. The van der Waals surface area contributed by atoms with Crippen LogP contribution in [0.4, 0.5) is 11.4 Å². The Morgan fingerprint density at radius 1 is 1.33 bits per heavy atom. The first-order chi connectivity index (χ1) is 8.50. The lowest BCUT2D eigenvalue weighted by Gasteiger charge is -2.38. The van der Waals surface area contributed by atoms with Crippen LogP contribution in [-0.2, 0) is 0 Å². The van der Waals surface area contributed by atoms with Crippen molar-refractivity contribution in [2.24, 2.45) is 5.41 Å². The van der Waals surface area contributed by atoms with Gasteiger partial charge in [0.05, 0.1) is 11.4 Å². The zero-order valence-corrected chi connectivity index (χ0v) is 11.8. The molecular formula is C15H25N3. The normalized spacial score (nSPS) is 19.7. The van der Waals surface area contributed by atoms with Crippen molar-refractivity contribution in [3.8, 4) is 0 Å². The third-order valence-electron chi connectivity index (χ3n) is 4.19. The van der Waals surface area contributed by atoms with Gasteiger partial charge in [0.2, 0.25) is 0 Å². The lowest BCUT2D eigenvalue weighted by Crippen LogP contribution is -2.40. The van der Waals surface area contributed by atoms with Crippen LogP contribution >= 0.6 is 0 Å². The summed E-state index contributed by atoms with van der Waals surface area (Å²) in [4.78, 5) is 2.41. The molecule has 0 atom stereocenters. The Hall–Kier alpha value is -1.22. The Morgan fingerprint density at radius 3 is 2.61 bits per heavy atom. The van der Waals surface area contributed by atoms with E-state index in [9.17, 15) is 0 Å². The number of nitrogens with two attached hydrogens (primary N) is 1. The highest BCUT2D eigenvalue weighted by Crippen LogP contribution is 2.32. The number of rotatable bonds is 3. The van der Waals surface area contributed by atoms with E-state index in [1.807, 2.05) is 12.1 Å². The van der Waals surface area contributed by atoms with Gasteiger partial charge in [0.1, 0.15) is 0 Å². The van der Waals surface area contributed by atoms with E-state index in [1.165, 1.54) is 31.5 Å². The first-order valence-corrected chi connectivity index (χ1v) is 6.78. The number of nitrogens with one attached hydrogen (secondary N) is 1. The largest absolute Gasteiger partial charge is 0.397 e. The van der Waals surface area contributed by atoms with Crippen molar-refractivity contribution in [2.45, 2.75) is 26.7 Å². The van der Waals surface area contributed by atoms with Gasteiger partial charge in [-0.1, -0.05) is 19.1 Å². The fourth-order valence-corrected chi connectivity index (χ4v) is 2.57. The minimum Gasteiger partial charge on any atom is -0.397 e. The maximum atomic E-state index is 6.03. The fourth-order valence-electron chi connectivity index (χ4n) is 2.57.